The molecule has 3 aromatic carbocycles. The fraction of sp³-hybridized carbons (Fsp3) is 0.540. The number of phenolic OH excluding ortho intramolecular Hbond substituents is 1. The van der Waals surface area contributed by atoms with Crippen LogP contribution in [0.15, 0.2) is 53.5 Å². The highest BCUT2D eigenvalue weighted by Gasteiger charge is 2.42. The second-order valence-corrected chi connectivity index (χ2v) is 18.2. The van der Waals surface area contributed by atoms with Gasteiger partial charge in [-0.25, -0.2) is 0 Å². The van der Waals surface area contributed by atoms with Crippen LogP contribution in [0.25, 0.3) is 11.1 Å². The number of hydrogen-bond donors (Lipinski definition) is 5. The third-order valence-corrected chi connectivity index (χ3v) is 14.0. The third kappa shape index (κ3) is 8.40. The molecule has 5 aliphatic rings. The molecule has 8 rings (SSSR count). The zero-order valence-electron chi connectivity index (χ0n) is 35.7. The lowest BCUT2D eigenvalue weighted by Gasteiger charge is -2.42. The molecule has 9 unspecified atom stereocenters. The highest BCUT2D eigenvalue weighted by molar-refractivity contribution is 5.84. The smallest absolute Gasteiger partial charge is 0.185 e. The molecule has 0 spiro atoms. The van der Waals surface area contributed by atoms with E-state index in [0.29, 0.717) is 60.1 Å². The molecule has 60 heavy (non-hydrogen) atoms. The first-order chi connectivity index (χ1) is 29.1. The summed E-state index contributed by atoms with van der Waals surface area (Å²) in [4.78, 5) is 4.27. The van der Waals surface area contributed by atoms with Crippen LogP contribution in [0.4, 0.5) is 0 Å². The van der Waals surface area contributed by atoms with Crippen LogP contribution in [0.5, 0.6) is 28.7 Å². The van der Waals surface area contributed by atoms with Gasteiger partial charge in [-0.1, -0.05) is 57.8 Å². The van der Waals surface area contributed by atoms with Gasteiger partial charge in [0.05, 0.1) is 13.2 Å². The van der Waals surface area contributed by atoms with E-state index < -0.39 is 12.2 Å². The van der Waals surface area contributed by atoms with Gasteiger partial charge in [0.1, 0.15) is 35.6 Å². The Morgan fingerprint density at radius 3 is 2.62 bits per heavy atom. The number of allylic oxidation sites excluding steroid dienone is 2. The number of rotatable bonds is 11. The van der Waals surface area contributed by atoms with Crippen molar-refractivity contribution in [2.24, 2.45) is 52.0 Å². The summed E-state index contributed by atoms with van der Waals surface area (Å²) in [6, 6.07) is 11.9. The molecule has 0 saturated heterocycles. The van der Waals surface area contributed by atoms with E-state index in [1.54, 1.807) is 7.11 Å². The Morgan fingerprint density at radius 2 is 1.85 bits per heavy atom. The number of aliphatic hydroxyl groups excluding tert-OH is 2. The molecule has 0 amide bonds. The van der Waals surface area contributed by atoms with Crippen LogP contribution in [0, 0.1) is 47.5 Å². The summed E-state index contributed by atoms with van der Waals surface area (Å²) in [6.45, 7) is 7.29. The fourth-order valence-electron chi connectivity index (χ4n) is 11.1. The largest absolute Gasteiger partial charge is 0.508 e. The number of guanidine groups is 1. The standard InChI is InChI=1S/C50H63N3O7/c1-5-29-21-33(12-11-30(29)16-18-54)37-22-35-24-40(55)36(20-28(2)3)23-38(35)47-45(57-4)27-43-39(46(37)47)26-41(56)49(59-43)34-13-14-42-44(25-34)60-48-31(10-7-19-58-42)8-6-9-32(48)15-17-53-50(51)52/h11-14,23-25,27-33,37,41,48-49,54-56H,5-6,8-10,15-18,20-22,26H2,1-4H3,(H4,51,52,53). The van der Waals surface area contributed by atoms with E-state index in [9.17, 15) is 15.3 Å². The summed E-state index contributed by atoms with van der Waals surface area (Å²) in [7, 11) is 1.71. The quantitative estimate of drug-likeness (QED) is 0.0557. The number of benzene rings is 3. The highest BCUT2D eigenvalue weighted by atomic mass is 16.5. The first-order valence-corrected chi connectivity index (χ1v) is 22.3. The summed E-state index contributed by atoms with van der Waals surface area (Å²) in [5, 5.41) is 33.4. The van der Waals surface area contributed by atoms with Crippen LogP contribution >= 0.6 is 0 Å². The number of methoxy groups -OCH3 is 1. The van der Waals surface area contributed by atoms with Crippen molar-refractivity contribution in [3.8, 4) is 51.9 Å². The predicted molar refractivity (Wildman–Crippen MR) is 234 cm³/mol. The normalized spacial score (nSPS) is 27.6. The van der Waals surface area contributed by atoms with Gasteiger partial charge in [0.15, 0.2) is 17.5 Å². The molecule has 3 aliphatic carbocycles. The minimum absolute atomic E-state index is 0.0646. The van der Waals surface area contributed by atoms with Crippen molar-refractivity contribution in [1.29, 1.82) is 0 Å². The summed E-state index contributed by atoms with van der Waals surface area (Å²) in [5.41, 5.74) is 18.4. The molecule has 10 nitrogen and oxygen atoms in total. The van der Waals surface area contributed by atoms with Crippen molar-refractivity contribution in [3.63, 3.8) is 0 Å². The van der Waals surface area contributed by atoms with Crippen molar-refractivity contribution in [3.05, 3.63) is 76.4 Å². The molecule has 7 N–H and O–H groups in total. The fourth-order valence-corrected chi connectivity index (χ4v) is 11.1. The summed E-state index contributed by atoms with van der Waals surface area (Å²) in [5.74, 6) is 8.15. The number of aliphatic imine (C=N–C) groups is 1. The lowest BCUT2D eigenvalue weighted by Crippen LogP contribution is -2.39. The Labute approximate surface area is 355 Å². The van der Waals surface area contributed by atoms with Gasteiger partial charge in [-0.3, -0.25) is 4.99 Å². The first kappa shape index (κ1) is 41.9. The average molecular weight is 818 g/mol. The van der Waals surface area contributed by atoms with Gasteiger partial charge in [-0.2, -0.15) is 0 Å². The van der Waals surface area contributed by atoms with Crippen molar-refractivity contribution < 1.29 is 34.3 Å². The maximum Gasteiger partial charge on any atom is 0.185 e. The second-order valence-electron chi connectivity index (χ2n) is 18.2. The Hall–Kier alpha value is -4.85. The molecule has 0 aromatic heterocycles. The molecular formula is C50H63N3O7. The molecule has 0 radical (unpaired) electrons. The van der Waals surface area contributed by atoms with E-state index in [4.69, 9.17) is 30.4 Å². The number of nitrogens with two attached hydrogens (primary N) is 2. The lowest BCUT2D eigenvalue weighted by molar-refractivity contribution is 0.0188. The van der Waals surface area contributed by atoms with Gasteiger partial charge >= 0.3 is 0 Å². The van der Waals surface area contributed by atoms with E-state index in [2.05, 4.69) is 56.0 Å². The van der Waals surface area contributed by atoms with E-state index in [0.717, 1.165) is 96.9 Å². The van der Waals surface area contributed by atoms with E-state index >= 15 is 0 Å². The zero-order chi connectivity index (χ0) is 42.1. The van der Waals surface area contributed by atoms with E-state index in [1.165, 1.54) is 5.56 Å². The van der Waals surface area contributed by atoms with E-state index in [-0.39, 0.29) is 42.3 Å². The highest BCUT2D eigenvalue weighted by Crippen LogP contribution is 2.56. The molecule has 0 bridgehead atoms. The molecule has 1 saturated carbocycles. The first-order valence-electron chi connectivity index (χ1n) is 22.3. The minimum atomic E-state index is -0.850. The molecule has 320 valence electrons. The average Bonchev–Trinajstić information content (AvgIpc) is 3.32. The predicted octanol–water partition coefficient (Wildman–Crippen LogP) is 8.11. The SMILES string of the molecule is CCC1CC(C2Cc3cc(O)c(CC(C)C)cc3-c3c(OC)cc4c(c32)CC(O)C(c2ccc3c(c2)OC2C(CC#CO3)CCCC2CCN=C(N)N)O4)C=CC1CCO. The van der Waals surface area contributed by atoms with Crippen molar-refractivity contribution in [2.75, 3.05) is 20.3 Å². The van der Waals surface area contributed by atoms with Gasteiger partial charge in [0, 0.05) is 49.1 Å². The Bertz CT molecular complexity index is 2170. The number of nitrogens with zero attached hydrogens (tertiary/aromatic N) is 1. The van der Waals surface area contributed by atoms with Gasteiger partial charge in [-0.15, -0.1) is 0 Å². The molecule has 2 aliphatic heterocycles. The maximum atomic E-state index is 12.2. The zero-order valence-corrected chi connectivity index (χ0v) is 35.7. The van der Waals surface area contributed by atoms with Gasteiger partial charge in [0.2, 0.25) is 0 Å². The lowest BCUT2D eigenvalue weighted by atomic mass is 9.65. The summed E-state index contributed by atoms with van der Waals surface area (Å²) >= 11 is 0. The minimum Gasteiger partial charge on any atom is -0.508 e. The van der Waals surface area contributed by atoms with Crippen molar-refractivity contribution in [1.82, 2.24) is 0 Å². The Balaban J connectivity index is 1.18. The van der Waals surface area contributed by atoms with Crippen LogP contribution in [0.3, 0.4) is 0 Å². The molecule has 9 atom stereocenters. The van der Waals surface area contributed by atoms with Gasteiger partial charge < -0.3 is 45.7 Å². The summed E-state index contributed by atoms with van der Waals surface area (Å²) < 4.78 is 26.1. The molecule has 2 heterocycles. The van der Waals surface area contributed by atoms with E-state index in [1.807, 2.05) is 30.3 Å². The van der Waals surface area contributed by atoms with Crippen LogP contribution in [-0.4, -0.2) is 53.7 Å². The molecule has 1 fully saturated rings. The molecular weight excluding hydrogens is 755 g/mol. The monoisotopic (exact) mass is 817 g/mol. The number of hydrogen-bond acceptors (Lipinski definition) is 8. The van der Waals surface area contributed by atoms with Gasteiger partial charge in [-0.05, 0) is 133 Å². The Kier molecular flexibility index (Phi) is 12.6. The second kappa shape index (κ2) is 18.0. The van der Waals surface area contributed by atoms with Crippen LogP contribution in [-0.2, 0) is 19.3 Å². The van der Waals surface area contributed by atoms with Crippen molar-refractivity contribution >= 4 is 5.96 Å². The van der Waals surface area contributed by atoms with Crippen molar-refractivity contribution in [2.45, 2.75) is 116 Å². The number of aliphatic hydroxyl groups is 2. The maximum absolute atomic E-state index is 12.2. The number of ether oxygens (including phenoxy) is 4. The topological polar surface area (TPSA) is 162 Å². The number of fused-ring (bicyclic) bond motifs is 7. The summed E-state index contributed by atoms with van der Waals surface area (Å²) in [6.07, 6.45) is 15.3. The number of aromatic hydroxyl groups is 1. The van der Waals surface area contributed by atoms with Crippen LogP contribution in [0.1, 0.15) is 112 Å². The Morgan fingerprint density at radius 1 is 1.00 bits per heavy atom. The number of phenols is 1. The van der Waals surface area contributed by atoms with Gasteiger partial charge in [0.25, 0.3) is 0 Å². The van der Waals surface area contributed by atoms with Crippen LogP contribution < -0.4 is 30.4 Å². The molecule has 3 aromatic rings. The molecule has 10 heteroatoms. The third-order valence-electron chi connectivity index (χ3n) is 14.0. The van der Waals surface area contributed by atoms with Crippen LogP contribution in [0.2, 0.25) is 0 Å².